The van der Waals surface area contributed by atoms with Gasteiger partial charge in [-0.15, -0.1) is 80.7 Å². The molecule has 0 nitrogen and oxygen atoms in total. The maximum absolute atomic E-state index is 2.44. The van der Waals surface area contributed by atoms with Crippen molar-refractivity contribution >= 4 is 48.0 Å². The smallest absolute Gasteiger partial charge is 1.00 e. The van der Waals surface area contributed by atoms with E-state index in [-0.39, 0.29) is 62.4 Å². The van der Waals surface area contributed by atoms with Crippen LogP contribution in [0, 0.1) is 0 Å². The molecule has 0 saturated carbocycles. The summed E-state index contributed by atoms with van der Waals surface area (Å²) in [6.07, 6.45) is 8.26. The third-order valence-electron chi connectivity index (χ3n) is 6.73. The first kappa shape index (κ1) is 38.8. The van der Waals surface area contributed by atoms with Crippen LogP contribution in [0.4, 0.5) is 0 Å². The third-order valence-corrected chi connectivity index (χ3v) is 12.9. The van der Waals surface area contributed by atoms with Crippen molar-refractivity contribution in [3.05, 3.63) is 72.8 Å². The van der Waals surface area contributed by atoms with Crippen molar-refractivity contribution in [2.24, 2.45) is 0 Å². The zero-order chi connectivity index (χ0) is 26.3. The molecule has 0 aliphatic rings. The monoisotopic (exact) mass is 636 g/mol. The minimum absolute atomic E-state index is 0. The predicted octanol–water partition coefficient (Wildman–Crippen LogP) is 4.53. The normalized spacial score (nSPS) is 11.5. The van der Waals surface area contributed by atoms with E-state index in [0.29, 0.717) is 10.3 Å². The van der Waals surface area contributed by atoms with Gasteiger partial charge in [-0.3, -0.25) is 0 Å². The van der Waals surface area contributed by atoms with Gasteiger partial charge >= 0.3 is 21.7 Å². The molecule has 0 bridgehead atoms. The fraction of sp³-hybridized carbons (Fsp3) is 0.471. The van der Waals surface area contributed by atoms with Crippen molar-refractivity contribution in [3.8, 4) is 0 Å². The van der Waals surface area contributed by atoms with Crippen LogP contribution in [-0.2, 0) is 21.7 Å². The van der Waals surface area contributed by atoms with E-state index in [9.17, 15) is 0 Å². The van der Waals surface area contributed by atoms with Crippen molar-refractivity contribution < 1.29 is 46.5 Å². The maximum Gasteiger partial charge on any atom is 4.00 e. The Hall–Kier alpha value is -0.186. The number of halogens is 2. The van der Waals surface area contributed by atoms with E-state index >= 15 is 0 Å². The van der Waals surface area contributed by atoms with Crippen molar-refractivity contribution in [1.82, 2.24) is 0 Å². The molecule has 0 fully saturated rings. The number of unbranched alkanes of at least 4 members (excludes halogenated alkanes) is 2. The van der Waals surface area contributed by atoms with Gasteiger partial charge in [-0.25, -0.2) is 0 Å². The number of fused-ring (bicyclic) bond motifs is 2. The van der Waals surface area contributed by atoms with Gasteiger partial charge in [0.2, 0.25) is 0 Å². The van der Waals surface area contributed by atoms with E-state index in [1.54, 1.807) is 10.6 Å². The molecule has 0 radical (unpaired) electrons. The zero-order valence-corrected chi connectivity index (χ0v) is 30.2. The Morgan fingerprint density at radius 3 is 1.38 bits per heavy atom. The molecule has 0 aliphatic heterocycles. The first-order valence-corrected chi connectivity index (χ1v) is 17.0. The SMILES string of the molecule is CC(C)(C)P(c1cc2ccccc2[cH-]1)C(C)(C)C.CCCCP(CCCC)c1cc2ccccc2[cH-]1.[Cl-].[Cl-].[Ti+4]. The van der Waals surface area contributed by atoms with Crippen LogP contribution >= 0.6 is 15.8 Å². The van der Waals surface area contributed by atoms with Gasteiger partial charge in [0.25, 0.3) is 0 Å². The molecule has 0 saturated heterocycles. The molecule has 4 aromatic rings. The van der Waals surface area contributed by atoms with Gasteiger partial charge in [-0.1, -0.05) is 96.2 Å². The van der Waals surface area contributed by atoms with Crippen molar-refractivity contribution in [2.45, 2.75) is 91.4 Å². The molecule has 0 heterocycles. The summed E-state index contributed by atoms with van der Waals surface area (Å²) in [5.74, 6) is 0. The second-order valence-corrected chi connectivity index (χ2v) is 18.4. The van der Waals surface area contributed by atoms with Crippen LogP contribution in [-0.4, -0.2) is 22.6 Å². The maximum atomic E-state index is 2.44. The molecule has 0 aromatic heterocycles. The minimum Gasteiger partial charge on any atom is -1.00 e. The first-order valence-electron chi connectivity index (χ1n) is 13.9. The van der Waals surface area contributed by atoms with Gasteiger partial charge in [0.05, 0.1) is 0 Å². The molecule has 4 rings (SSSR count). The van der Waals surface area contributed by atoms with Gasteiger partial charge in [-0.05, 0) is 35.5 Å². The molecular formula is C34H48Cl2P2Ti. The molecule has 0 atom stereocenters. The Labute approximate surface area is 269 Å². The summed E-state index contributed by atoms with van der Waals surface area (Å²) < 4.78 is 0. The summed E-state index contributed by atoms with van der Waals surface area (Å²) in [4.78, 5) is 0. The van der Waals surface area contributed by atoms with Gasteiger partial charge in [-0.2, -0.15) is 12.1 Å². The van der Waals surface area contributed by atoms with Crippen molar-refractivity contribution in [2.75, 3.05) is 12.3 Å². The molecule has 0 amide bonds. The van der Waals surface area contributed by atoms with E-state index in [1.807, 2.05) is 0 Å². The number of rotatable bonds is 8. The Bertz CT molecular complexity index is 1130. The summed E-state index contributed by atoms with van der Waals surface area (Å²) in [5, 5.41) is 9.48. The second kappa shape index (κ2) is 17.7. The topological polar surface area (TPSA) is 0 Å². The number of hydrogen-bond acceptors (Lipinski definition) is 0. The molecule has 0 spiro atoms. The van der Waals surface area contributed by atoms with E-state index < -0.39 is 0 Å². The first-order chi connectivity index (χ1) is 17.0. The van der Waals surface area contributed by atoms with Crippen molar-refractivity contribution in [1.29, 1.82) is 0 Å². The van der Waals surface area contributed by atoms with Crippen LogP contribution in [0.25, 0.3) is 21.5 Å². The fourth-order valence-corrected chi connectivity index (χ4v) is 12.3. The standard InChI is InChI=1S/2C17H24P.2ClH.Ti/c1-16(2,3)18(17(4,5)6)15-11-13-9-7-8-10-14(13)12-15;1-3-5-11-18(12-6-4-2)17-13-15-9-7-8-10-16(15)14-17;;;/h7-12H,1-6H3;7-10,13-14H,3-6,11-12H2,1-2H3;2*1H;/q2*-1;;;+4/p-2. The Balaban J connectivity index is 0.000000688. The summed E-state index contributed by atoms with van der Waals surface area (Å²) in [7, 11) is -0.0990. The molecule has 39 heavy (non-hydrogen) atoms. The van der Waals surface area contributed by atoms with Gasteiger partial charge < -0.3 is 24.8 Å². The van der Waals surface area contributed by atoms with Crippen LogP contribution in [0.15, 0.2) is 72.8 Å². The van der Waals surface area contributed by atoms with Crippen LogP contribution in [0.3, 0.4) is 0 Å². The molecular weight excluding hydrogens is 589 g/mol. The van der Waals surface area contributed by atoms with E-state index in [0.717, 1.165) is 0 Å². The van der Waals surface area contributed by atoms with Gasteiger partial charge in [0.15, 0.2) is 0 Å². The molecule has 212 valence electrons. The zero-order valence-electron chi connectivity index (χ0n) is 25.3. The van der Waals surface area contributed by atoms with E-state index in [4.69, 9.17) is 0 Å². The summed E-state index contributed by atoms with van der Waals surface area (Å²) >= 11 is 0. The number of benzene rings is 2. The van der Waals surface area contributed by atoms with Crippen LogP contribution in [0.1, 0.15) is 81.1 Å². The summed E-state index contributed by atoms with van der Waals surface area (Å²) in [6.45, 7) is 18.9. The summed E-state index contributed by atoms with van der Waals surface area (Å²) in [6, 6.07) is 27.1. The Morgan fingerprint density at radius 1 is 0.615 bits per heavy atom. The summed E-state index contributed by atoms with van der Waals surface area (Å²) in [5.41, 5.74) is 0. The molecule has 5 heteroatoms. The molecule has 0 unspecified atom stereocenters. The largest absolute Gasteiger partial charge is 4.00 e. The minimum atomic E-state index is -0.185. The Morgan fingerprint density at radius 2 is 1.00 bits per heavy atom. The van der Waals surface area contributed by atoms with Crippen LogP contribution in [0.5, 0.6) is 0 Å². The second-order valence-electron chi connectivity index (χ2n) is 12.1. The molecule has 0 aliphatic carbocycles. The fourth-order valence-electron chi connectivity index (χ4n) is 5.43. The number of hydrogen-bond donors (Lipinski definition) is 0. The van der Waals surface area contributed by atoms with Crippen molar-refractivity contribution in [3.63, 3.8) is 0 Å². The molecule has 4 aromatic carbocycles. The molecule has 0 N–H and O–H groups in total. The van der Waals surface area contributed by atoms with E-state index in [2.05, 4.69) is 128 Å². The van der Waals surface area contributed by atoms with E-state index in [1.165, 1.54) is 59.6 Å². The quantitative estimate of drug-likeness (QED) is 0.151. The third kappa shape index (κ3) is 11.2. The van der Waals surface area contributed by atoms with Crippen LogP contribution < -0.4 is 35.4 Å². The van der Waals surface area contributed by atoms with Gasteiger partial charge in [0.1, 0.15) is 0 Å². The van der Waals surface area contributed by atoms with Gasteiger partial charge in [0, 0.05) is 0 Å². The predicted molar refractivity (Wildman–Crippen MR) is 171 cm³/mol. The Kier molecular flexibility index (Phi) is 17.6. The average molecular weight is 637 g/mol. The average Bonchev–Trinajstić information content (AvgIpc) is 3.41. The van der Waals surface area contributed by atoms with Crippen LogP contribution in [0.2, 0.25) is 0 Å².